The van der Waals surface area contributed by atoms with Gasteiger partial charge in [-0.25, -0.2) is 0 Å². The van der Waals surface area contributed by atoms with Crippen LogP contribution in [0.2, 0.25) is 0 Å². The molecule has 1 amide bonds. The number of amides is 1. The fourth-order valence-corrected chi connectivity index (χ4v) is 2.03. The Hall–Kier alpha value is -1.01. The Balaban J connectivity index is 2.37. The van der Waals surface area contributed by atoms with Crippen LogP contribution in [0.1, 0.15) is 26.7 Å². The van der Waals surface area contributed by atoms with Gasteiger partial charge in [-0.2, -0.15) is 0 Å². The van der Waals surface area contributed by atoms with Crippen molar-refractivity contribution in [3.05, 3.63) is 0 Å². The van der Waals surface area contributed by atoms with Crippen LogP contribution in [0.15, 0.2) is 0 Å². The first kappa shape index (κ1) is 12.1. The third-order valence-electron chi connectivity index (χ3n) is 3.24. The number of terminal acetylenes is 1. The Morgan fingerprint density at radius 1 is 1.60 bits per heavy atom. The second-order valence-corrected chi connectivity index (χ2v) is 4.31. The number of carbonyl (C=O) groups excluding carboxylic acids is 1. The third kappa shape index (κ3) is 3.56. The van der Waals surface area contributed by atoms with Crippen LogP contribution in [-0.4, -0.2) is 36.5 Å². The van der Waals surface area contributed by atoms with Crippen molar-refractivity contribution in [1.82, 2.24) is 10.2 Å². The minimum Gasteiger partial charge on any atom is -0.344 e. The van der Waals surface area contributed by atoms with Crippen molar-refractivity contribution in [3.8, 4) is 12.3 Å². The summed E-state index contributed by atoms with van der Waals surface area (Å²) in [5, 5.41) is 2.70. The molecule has 0 aliphatic carbocycles. The molecule has 3 heteroatoms. The van der Waals surface area contributed by atoms with Crippen molar-refractivity contribution in [2.45, 2.75) is 32.7 Å². The predicted molar refractivity (Wildman–Crippen MR) is 61.3 cm³/mol. The monoisotopic (exact) mass is 208 g/mol. The average molecular weight is 208 g/mol. The van der Waals surface area contributed by atoms with Gasteiger partial charge in [0, 0.05) is 6.04 Å². The molecule has 2 unspecified atom stereocenters. The molecular formula is C12H20N2O. The Kier molecular flexibility index (Phi) is 4.64. The molecule has 1 rings (SSSR count). The maximum absolute atomic E-state index is 11.5. The Labute approximate surface area is 92.2 Å². The molecule has 1 aliphatic heterocycles. The van der Waals surface area contributed by atoms with Gasteiger partial charge in [0.15, 0.2) is 0 Å². The first-order chi connectivity index (χ1) is 7.15. The Morgan fingerprint density at radius 3 is 3.00 bits per heavy atom. The summed E-state index contributed by atoms with van der Waals surface area (Å²) in [4.78, 5) is 13.7. The summed E-state index contributed by atoms with van der Waals surface area (Å²) < 4.78 is 0. The number of likely N-dealkylation sites (tertiary alicyclic amines) is 1. The molecule has 1 heterocycles. The fraction of sp³-hybridized carbons (Fsp3) is 0.750. The number of nitrogens with zero attached hydrogens (tertiary/aromatic N) is 1. The number of piperidine rings is 1. The summed E-state index contributed by atoms with van der Waals surface area (Å²) in [7, 11) is 0. The van der Waals surface area contributed by atoms with Gasteiger partial charge in [0.1, 0.15) is 0 Å². The van der Waals surface area contributed by atoms with Crippen LogP contribution in [0, 0.1) is 18.3 Å². The van der Waals surface area contributed by atoms with Gasteiger partial charge in [0.05, 0.1) is 13.1 Å². The van der Waals surface area contributed by atoms with Crippen LogP contribution in [0.4, 0.5) is 0 Å². The summed E-state index contributed by atoms with van der Waals surface area (Å²) in [6.07, 6.45) is 7.54. The van der Waals surface area contributed by atoms with E-state index < -0.39 is 0 Å². The Morgan fingerprint density at radius 2 is 2.33 bits per heavy atom. The quantitative estimate of drug-likeness (QED) is 0.698. The number of rotatable bonds is 3. The highest BCUT2D eigenvalue weighted by Crippen LogP contribution is 2.22. The molecule has 2 atom stereocenters. The molecule has 1 saturated heterocycles. The van der Waals surface area contributed by atoms with Crippen LogP contribution in [0.3, 0.4) is 0 Å². The highest BCUT2D eigenvalue weighted by atomic mass is 16.2. The second kappa shape index (κ2) is 5.77. The lowest BCUT2D eigenvalue weighted by molar-refractivity contribution is -0.123. The van der Waals surface area contributed by atoms with E-state index in [-0.39, 0.29) is 5.91 Å². The van der Waals surface area contributed by atoms with Crippen LogP contribution in [-0.2, 0) is 4.79 Å². The Bertz CT molecular complexity index is 257. The standard InChI is InChI=1S/C12H20N2O/c1-4-7-13-12(15)9-14-8-5-6-10(2)11(14)3/h1,10-11H,5-9H2,2-3H3,(H,13,15). The molecule has 1 fully saturated rings. The van der Waals surface area contributed by atoms with E-state index in [1.807, 2.05) is 0 Å². The van der Waals surface area contributed by atoms with Gasteiger partial charge in [0.25, 0.3) is 0 Å². The molecule has 0 saturated carbocycles. The van der Waals surface area contributed by atoms with Gasteiger partial charge >= 0.3 is 0 Å². The smallest absolute Gasteiger partial charge is 0.234 e. The molecule has 15 heavy (non-hydrogen) atoms. The topological polar surface area (TPSA) is 32.3 Å². The van der Waals surface area contributed by atoms with E-state index in [1.165, 1.54) is 12.8 Å². The molecule has 1 N–H and O–H groups in total. The molecule has 0 radical (unpaired) electrons. The molecule has 0 aromatic carbocycles. The van der Waals surface area contributed by atoms with Crippen molar-refractivity contribution >= 4 is 5.91 Å². The number of carbonyl (C=O) groups is 1. The van der Waals surface area contributed by atoms with Crippen molar-refractivity contribution in [2.24, 2.45) is 5.92 Å². The average Bonchev–Trinajstić information content (AvgIpc) is 2.22. The highest BCUT2D eigenvalue weighted by molar-refractivity contribution is 5.78. The zero-order valence-electron chi connectivity index (χ0n) is 9.62. The van der Waals surface area contributed by atoms with Crippen molar-refractivity contribution in [2.75, 3.05) is 19.6 Å². The van der Waals surface area contributed by atoms with Gasteiger partial charge in [-0.1, -0.05) is 12.8 Å². The van der Waals surface area contributed by atoms with E-state index in [1.54, 1.807) is 0 Å². The fourth-order valence-electron chi connectivity index (χ4n) is 2.03. The maximum atomic E-state index is 11.5. The van der Waals surface area contributed by atoms with Crippen LogP contribution in [0.5, 0.6) is 0 Å². The van der Waals surface area contributed by atoms with Crippen LogP contribution >= 0.6 is 0 Å². The normalized spacial score (nSPS) is 27.0. The molecule has 0 aromatic rings. The number of hydrogen-bond donors (Lipinski definition) is 1. The summed E-state index contributed by atoms with van der Waals surface area (Å²) in [5.41, 5.74) is 0. The molecule has 3 nitrogen and oxygen atoms in total. The van der Waals surface area contributed by atoms with Crippen LogP contribution in [0.25, 0.3) is 0 Å². The lowest BCUT2D eigenvalue weighted by Crippen LogP contribution is -2.47. The largest absolute Gasteiger partial charge is 0.344 e. The number of nitrogens with one attached hydrogen (secondary N) is 1. The van der Waals surface area contributed by atoms with E-state index in [2.05, 4.69) is 30.0 Å². The molecule has 0 spiro atoms. The summed E-state index contributed by atoms with van der Waals surface area (Å²) in [5.74, 6) is 3.12. The molecule has 0 aromatic heterocycles. The minimum absolute atomic E-state index is 0.0360. The molecular weight excluding hydrogens is 188 g/mol. The highest BCUT2D eigenvalue weighted by Gasteiger charge is 2.25. The second-order valence-electron chi connectivity index (χ2n) is 4.31. The van der Waals surface area contributed by atoms with E-state index >= 15 is 0 Å². The van der Waals surface area contributed by atoms with Gasteiger partial charge in [-0.05, 0) is 32.2 Å². The lowest BCUT2D eigenvalue weighted by Gasteiger charge is -2.37. The van der Waals surface area contributed by atoms with Crippen molar-refractivity contribution < 1.29 is 4.79 Å². The minimum atomic E-state index is 0.0360. The van der Waals surface area contributed by atoms with Crippen molar-refractivity contribution in [1.29, 1.82) is 0 Å². The molecule has 1 aliphatic rings. The number of hydrogen-bond acceptors (Lipinski definition) is 2. The molecule has 84 valence electrons. The zero-order chi connectivity index (χ0) is 11.3. The lowest BCUT2D eigenvalue weighted by atomic mass is 9.92. The summed E-state index contributed by atoms with van der Waals surface area (Å²) in [6.45, 7) is 6.27. The van der Waals surface area contributed by atoms with Gasteiger partial charge in [0.2, 0.25) is 5.91 Å². The van der Waals surface area contributed by atoms with Gasteiger partial charge in [-0.3, -0.25) is 9.69 Å². The molecule has 0 bridgehead atoms. The zero-order valence-corrected chi connectivity index (χ0v) is 9.62. The predicted octanol–water partition coefficient (Wildman–Crippen LogP) is 0.856. The van der Waals surface area contributed by atoms with Crippen molar-refractivity contribution in [3.63, 3.8) is 0 Å². The SMILES string of the molecule is C#CCNC(=O)CN1CCCC(C)C1C. The van der Waals surface area contributed by atoms with E-state index in [0.29, 0.717) is 25.0 Å². The van der Waals surface area contributed by atoms with Gasteiger partial charge < -0.3 is 5.32 Å². The summed E-state index contributed by atoms with van der Waals surface area (Å²) >= 11 is 0. The maximum Gasteiger partial charge on any atom is 0.234 e. The first-order valence-electron chi connectivity index (χ1n) is 5.59. The van der Waals surface area contributed by atoms with E-state index in [0.717, 1.165) is 6.54 Å². The first-order valence-corrected chi connectivity index (χ1v) is 5.59. The van der Waals surface area contributed by atoms with E-state index in [9.17, 15) is 4.79 Å². The summed E-state index contributed by atoms with van der Waals surface area (Å²) in [6, 6.07) is 0.496. The third-order valence-corrected chi connectivity index (χ3v) is 3.24. The van der Waals surface area contributed by atoms with E-state index in [4.69, 9.17) is 6.42 Å². The van der Waals surface area contributed by atoms with Gasteiger partial charge in [-0.15, -0.1) is 6.42 Å². The van der Waals surface area contributed by atoms with Crippen LogP contribution < -0.4 is 5.32 Å².